The zero-order valence-corrected chi connectivity index (χ0v) is 11.7. The predicted octanol–water partition coefficient (Wildman–Crippen LogP) is 4.06. The molecule has 4 heteroatoms. The lowest BCUT2D eigenvalue weighted by molar-refractivity contribution is 0.429. The van der Waals surface area contributed by atoms with Gasteiger partial charge in [-0.2, -0.15) is 5.10 Å². The fraction of sp³-hybridized carbons (Fsp3) is 0.769. The molecule has 0 aromatic carbocycles. The Hall–Kier alpha value is -0.570. The first-order valence-corrected chi connectivity index (χ1v) is 6.91. The molecule has 1 atom stereocenters. The topological polar surface area (TPSA) is 17.8 Å². The molecule has 1 unspecified atom stereocenters. The van der Waals surface area contributed by atoms with Crippen LogP contribution in [0.4, 0.5) is 4.39 Å². The van der Waals surface area contributed by atoms with Crippen molar-refractivity contribution in [2.45, 2.75) is 58.4 Å². The zero-order chi connectivity index (χ0) is 12.8. The number of aryl methyl sites for hydroxylation is 2. The molecule has 1 heterocycles. The lowest BCUT2D eigenvalue weighted by atomic mass is 10.0. The van der Waals surface area contributed by atoms with Crippen molar-refractivity contribution in [1.82, 2.24) is 9.78 Å². The summed E-state index contributed by atoms with van der Waals surface area (Å²) in [5.74, 6) is 0. The lowest BCUT2D eigenvalue weighted by Crippen LogP contribution is -2.06. The third-order valence-electron chi connectivity index (χ3n) is 3.02. The quantitative estimate of drug-likeness (QED) is 0.676. The normalized spacial score (nSPS) is 13.0. The van der Waals surface area contributed by atoms with Crippen molar-refractivity contribution in [3.63, 3.8) is 0 Å². The molecular formula is C13H22ClFN2. The van der Waals surface area contributed by atoms with Crippen LogP contribution >= 0.6 is 11.6 Å². The second-order valence-corrected chi connectivity index (χ2v) is 4.68. The Morgan fingerprint density at radius 1 is 1.29 bits per heavy atom. The summed E-state index contributed by atoms with van der Waals surface area (Å²) in [4.78, 5) is 0. The number of hydrogen-bond acceptors (Lipinski definition) is 1. The second kappa shape index (κ2) is 7.00. The first-order chi connectivity index (χ1) is 8.19. The molecule has 1 rings (SSSR count). The van der Waals surface area contributed by atoms with Gasteiger partial charge in [0.25, 0.3) is 0 Å². The van der Waals surface area contributed by atoms with Crippen LogP contribution in [0.3, 0.4) is 0 Å². The molecule has 0 fully saturated rings. The molecule has 0 amide bonds. The van der Waals surface area contributed by atoms with Gasteiger partial charge in [0.1, 0.15) is 0 Å². The van der Waals surface area contributed by atoms with Crippen molar-refractivity contribution >= 4 is 11.6 Å². The van der Waals surface area contributed by atoms with E-state index in [1.54, 1.807) is 0 Å². The summed E-state index contributed by atoms with van der Waals surface area (Å²) in [7, 11) is 0. The van der Waals surface area contributed by atoms with E-state index in [0.29, 0.717) is 13.0 Å². The van der Waals surface area contributed by atoms with Crippen LogP contribution in [0.2, 0.25) is 0 Å². The van der Waals surface area contributed by atoms with Gasteiger partial charge in [-0.3, -0.25) is 9.07 Å². The molecule has 0 aliphatic carbocycles. The first kappa shape index (κ1) is 14.5. The Morgan fingerprint density at radius 2 is 2.00 bits per heavy atom. The van der Waals surface area contributed by atoms with E-state index in [9.17, 15) is 4.39 Å². The number of hydrogen-bond donors (Lipinski definition) is 0. The second-order valence-electron chi connectivity index (χ2n) is 4.16. The van der Waals surface area contributed by atoms with Crippen LogP contribution in [0.5, 0.6) is 0 Å². The van der Waals surface area contributed by atoms with Crippen LogP contribution in [-0.2, 0) is 19.4 Å². The summed E-state index contributed by atoms with van der Waals surface area (Å²) in [5.41, 5.74) is 3.43. The third kappa shape index (κ3) is 3.21. The Balaban J connectivity index is 3.11. The molecule has 0 aliphatic rings. The average Bonchev–Trinajstić information content (AvgIpc) is 2.72. The fourth-order valence-electron chi connectivity index (χ4n) is 2.16. The molecule has 1 aromatic heterocycles. The maximum atomic E-state index is 12.3. The zero-order valence-electron chi connectivity index (χ0n) is 11.0. The van der Waals surface area contributed by atoms with Crippen LogP contribution in [0.1, 0.15) is 55.9 Å². The van der Waals surface area contributed by atoms with Gasteiger partial charge in [0.15, 0.2) is 0 Å². The summed E-state index contributed by atoms with van der Waals surface area (Å²) in [6, 6.07) is 0. The molecule has 0 saturated carbocycles. The smallest absolute Gasteiger partial charge is 0.0912 e. The van der Waals surface area contributed by atoms with Crippen LogP contribution in [-0.4, -0.2) is 16.5 Å². The highest BCUT2D eigenvalue weighted by Gasteiger charge is 2.20. The van der Waals surface area contributed by atoms with E-state index < -0.39 is 0 Å². The molecule has 0 aliphatic heterocycles. The summed E-state index contributed by atoms with van der Waals surface area (Å²) in [6.45, 7) is 6.63. The van der Waals surface area contributed by atoms with Crippen molar-refractivity contribution in [2.75, 3.05) is 6.67 Å². The number of aromatic nitrogens is 2. The molecule has 0 saturated heterocycles. The van der Waals surface area contributed by atoms with Crippen molar-refractivity contribution < 1.29 is 4.39 Å². The highest BCUT2D eigenvalue weighted by Crippen LogP contribution is 2.31. The van der Waals surface area contributed by atoms with Crippen molar-refractivity contribution in [3.05, 3.63) is 17.0 Å². The van der Waals surface area contributed by atoms with Gasteiger partial charge in [0, 0.05) is 17.8 Å². The number of rotatable bonds is 7. The predicted molar refractivity (Wildman–Crippen MR) is 70.5 cm³/mol. The molecule has 0 radical (unpaired) electrons. The van der Waals surface area contributed by atoms with Crippen LogP contribution in [0.15, 0.2) is 0 Å². The Morgan fingerprint density at radius 3 is 2.47 bits per heavy atom. The largest absolute Gasteiger partial charge is 0.269 e. The fourth-order valence-corrected chi connectivity index (χ4v) is 2.41. The van der Waals surface area contributed by atoms with Gasteiger partial charge >= 0.3 is 0 Å². The average molecular weight is 261 g/mol. The van der Waals surface area contributed by atoms with Gasteiger partial charge in [-0.1, -0.05) is 20.8 Å². The lowest BCUT2D eigenvalue weighted by Gasteiger charge is -2.10. The monoisotopic (exact) mass is 260 g/mol. The van der Waals surface area contributed by atoms with Gasteiger partial charge in [-0.25, -0.2) is 0 Å². The van der Waals surface area contributed by atoms with Crippen molar-refractivity contribution in [3.8, 4) is 0 Å². The highest BCUT2D eigenvalue weighted by atomic mass is 35.5. The van der Waals surface area contributed by atoms with Crippen molar-refractivity contribution in [2.24, 2.45) is 0 Å². The van der Waals surface area contributed by atoms with Crippen LogP contribution in [0, 0.1) is 0 Å². The minimum absolute atomic E-state index is 0.0269. The standard InChI is InChI=1S/C13H22ClFN2/c1-4-10(14)13-11(5-2)16-17(9-7-8-15)12(13)6-3/h10H,4-9H2,1-3H3. The number of halogens is 2. The SMILES string of the molecule is CCc1nn(CCCF)c(CC)c1C(Cl)CC. The summed E-state index contributed by atoms with van der Waals surface area (Å²) in [6.07, 6.45) is 3.21. The van der Waals surface area contributed by atoms with E-state index in [4.69, 9.17) is 11.6 Å². The van der Waals surface area contributed by atoms with E-state index >= 15 is 0 Å². The first-order valence-electron chi connectivity index (χ1n) is 6.47. The Labute approximate surface area is 108 Å². The molecule has 1 aromatic rings. The summed E-state index contributed by atoms with van der Waals surface area (Å²) in [5, 5.41) is 4.60. The third-order valence-corrected chi connectivity index (χ3v) is 3.55. The molecule has 0 N–H and O–H groups in total. The van der Waals surface area contributed by atoms with Gasteiger partial charge < -0.3 is 0 Å². The molecule has 0 spiro atoms. The van der Waals surface area contributed by atoms with E-state index in [0.717, 1.165) is 25.0 Å². The number of nitrogens with zero attached hydrogens (tertiary/aromatic N) is 2. The molecule has 2 nitrogen and oxygen atoms in total. The van der Waals surface area contributed by atoms with Gasteiger partial charge in [0.2, 0.25) is 0 Å². The van der Waals surface area contributed by atoms with Crippen LogP contribution in [0.25, 0.3) is 0 Å². The Kier molecular flexibility index (Phi) is 5.96. The number of alkyl halides is 2. The maximum absolute atomic E-state index is 12.3. The minimum Gasteiger partial charge on any atom is -0.269 e. The van der Waals surface area contributed by atoms with Crippen LogP contribution < -0.4 is 0 Å². The van der Waals surface area contributed by atoms with E-state index in [1.807, 2.05) is 4.68 Å². The van der Waals surface area contributed by atoms with Crippen molar-refractivity contribution in [1.29, 1.82) is 0 Å². The van der Waals surface area contributed by atoms with E-state index in [2.05, 4.69) is 25.9 Å². The summed E-state index contributed by atoms with van der Waals surface area (Å²) < 4.78 is 14.2. The molecule has 17 heavy (non-hydrogen) atoms. The summed E-state index contributed by atoms with van der Waals surface area (Å²) >= 11 is 6.38. The molecule has 98 valence electrons. The minimum atomic E-state index is -0.294. The van der Waals surface area contributed by atoms with E-state index in [-0.39, 0.29) is 12.1 Å². The maximum Gasteiger partial charge on any atom is 0.0912 e. The highest BCUT2D eigenvalue weighted by molar-refractivity contribution is 6.20. The molecule has 0 bridgehead atoms. The molecular weight excluding hydrogens is 239 g/mol. The van der Waals surface area contributed by atoms with Gasteiger partial charge in [0.05, 0.1) is 17.7 Å². The Bertz CT molecular complexity index is 349. The van der Waals surface area contributed by atoms with E-state index in [1.165, 1.54) is 11.3 Å². The van der Waals surface area contributed by atoms with Gasteiger partial charge in [-0.05, 0) is 25.7 Å². The van der Waals surface area contributed by atoms with Gasteiger partial charge in [-0.15, -0.1) is 11.6 Å².